The minimum absolute atomic E-state index is 0.0353. The number of nitrogens with two attached hydrogens (primary N) is 1. The fraction of sp³-hybridized carbons (Fsp3) is 0.200. The lowest BCUT2D eigenvalue weighted by Crippen LogP contribution is -2.39. The molecule has 2 rings (SSSR count). The average molecular weight is 269 g/mol. The zero-order valence-electron chi connectivity index (χ0n) is 9.50. The summed E-state index contributed by atoms with van der Waals surface area (Å²) in [6, 6.07) is 4.00. The maximum atomic E-state index is 12.1. The second kappa shape index (κ2) is 3.98. The van der Waals surface area contributed by atoms with Gasteiger partial charge in [-0.1, -0.05) is 0 Å². The maximum absolute atomic E-state index is 12.1. The molecule has 0 fully saturated rings. The van der Waals surface area contributed by atoms with Crippen molar-refractivity contribution in [1.82, 2.24) is 9.62 Å². The van der Waals surface area contributed by atoms with Crippen LogP contribution in [0.25, 0.3) is 0 Å². The Labute approximate surface area is 104 Å². The maximum Gasteiger partial charge on any atom is 0.269 e. The molecule has 0 spiro atoms. The molecular formula is C10H11N3O4S. The number of hydrogen-bond acceptors (Lipinski definition) is 5. The van der Waals surface area contributed by atoms with Gasteiger partial charge in [-0.3, -0.25) is 9.59 Å². The van der Waals surface area contributed by atoms with Gasteiger partial charge in [0.05, 0.1) is 5.56 Å². The summed E-state index contributed by atoms with van der Waals surface area (Å²) >= 11 is 0. The Morgan fingerprint density at radius 2 is 2.11 bits per heavy atom. The molecule has 0 radical (unpaired) electrons. The first-order chi connectivity index (χ1) is 8.37. The molecule has 0 unspecified atom stereocenters. The number of fused-ring (bicyclic) bond motifs is 1. The fourth-order valence-corrected chi connectivity index (χ4v) is 3.22. The van der Waals surface area contributed by atoms with Crippen LogP contribution in [0.15, 0.2) is 23.1 Å². The third kappa shape index (κ3) is 1.70. The third-order valence-electron chi connectivity index (χ3n) is 2.60. The van der Waals surface area contributed by atoms with Crippen molar-refractivity contribution in [1.29, 1.82) is 0 Å². The van der Waals surface area contributed by atoms with Crippen LogP contribution in [-0.4, -0.2) is 38.1 Å². The number of anilines is 1. The van der Waals surface area contributed by atoms with Crippen molar-refractivity contribution < 1.29 is 18.0 Å². The molecule has 0 saturated carbocycles. The van der Waals surface area contributed by atoms with Gasteiger partial charge in [0.15, 0.2) is 0 Å². The van der Waals surface area contributed by atoms with Gasteiger partial charge in [0.25, 0.3) is 15.9 Å². The van der Waals surface area contributed by atoms with E-state index in [1.165, 1.54) is 25.2 Å². The Balaban J connectivity index is 2.51. The van der Waals surface area contributed by atoms with Gasteiger partial charge >= 0.3 is 0 Å². The lowest BCUT2D eigenvalue weighted by molar-refractivity contribution is -0.120. The highest BCUT2D eigenvalue weighted by molar-refractivity contribution is 7.90. The van der Waals surface area contributed by atoms with E-state index >= 15 is 0 Å². The number of hydrogen-bond donors (Lipinski definition) is 2. The number of nitrogen functional groups attached to an aromatic ring is 1. The summed E-state index contributed by atoms with van der Waals surface area (Å²) in [4.78, 5) is 23.0. The predicted octanol–water partition coefficient (Wildman–Crippen LogP) is -0.841. The molecule has 0 atom stereocenters. The van der Waals surface area contributed by atoms with Crippen molar-refractivity contribution in [2.45, 2.75) is 4.90 Å². The van der Waals surface area contributed by atoms with Crippen molar-refractivity contribution in [3.63, 3.8) is 0 Å². The standard InChI is InChI=1S/C10H11N3O4S/c1-12-9(14)5-13-10(15)7-3-2-6(11)4-8(7)18(13,16)17/h2-4H,5,11H2,1H3,(H,12,14). The topological polar surface area (TPSA) is 110 Å². The summed E-state index contributed by atoms with van der Waals surface area (Å²) in [5.74, 6) is -1.28. The van der Waals surface area contributed by atoms with E-state index in [0.717, 1.165) is 0 Å². The molecular weight excluding hydrogens is 258 g/mol. The zero-order chi connectivity index (χ0) is 13.5. The zero-order valence-corrected chi connectivity index (χ0v) is 10.3. The highest BCUT2D eigenvalue weighted by Crippen LogP contribution is 2.31. The second-order valence-corrected chi connectivity index (χ2v) is 5.58. The number of nitrogens with zero attached hydrogens (tertiary/aromatic N) is 1. The minimum Gasteiger partial charge on any atom is -0.399 e. The van der Waals surface area contributed by atoms with Crippen LogP contribution in [0, 0.1) is 0 Å². The normalized spacial score (nSPS) is 16.5. The molecule has 1 aliphatic heterocycles. The Kier molecular flexibility index (Phi) is 2.74. The van der Waals surface area contributed by atoms with E-state index in [-0.39, 0.29) is 16.1 Å². The first kappa shape index (κ1) is 12.4. The van der Waals surface area contributed by atoms with Crippen molar-refractivity contribution >= 4 is 27.5 Å². The summed E-state index contributed by atoms with van der Waals surface area (Å²) < 4.78 is 24.7. The van der Waals surface area contributed by atoms with Crippen LogP contribution in [0.1, 0.15) is 10.4 Å². The quantitative estimate of drug-likeness (QED) is 0.680. The Morgan fingerprint density at radius 3 is 2.72 bits per heavy atom. The number of amides is 2. The van der Waals surface area contributed by atoms with E-state index in [9.17, 15) is 18.0 Å². The van der Waals surface area contributed by atoms with Crippen molar-refractivity contribution in [3.05, 3.63) is 23.8 Å². The molecule has 96 valence electrons. The van der Waals surface area contributed by atoms with Gasteiger partial charge in [-0.25, -0.2) is 12.7 Å². The number of rotatable bonds is 2. The Bertz CT molecular complexity index is 639. The number of sulfonamides is 1. The van der Waals surface area contributed by atoms with E-state index in [1.807, 2.05) is 0 Å². The lowest BCUT2D eigenvalue weighted by atomic mass is 10.2. The van der Waals surface area contributed by atoms with Gasteiger partial charge in [0.2, 0.25) is 5.91 Å². The average Bonchev–Trinajstić information content (AvgIpc) is 2.50. The van der Waals surface area contributed by atoms with Crippen LogP contribution in [0.4, 0.5) is 5.69 Å². The van der Waals surface area contributed by atoms with Crippen LogP contribution in [0.5, 0.6) is 0 Å². The predicted molar refractivity (Wildman–Crippen MR) is 63.1 cm³/mol. The van der Waals surface area contributed by atoms with Crippen LogP contribution in [-0.2, 0) is 14.8 Å². The molecule has 8 heteroatoms. The molecule has 1 aromatic rings. The van der Waals surface area contributed by atoms with Crippen LogP contribution >= 0.6 is 0 Å². The molecule has 0 aromatic heterocycles. The number of carbonyl (C=O) groups excluding carboxylic acids is 2. The van der Waals surface area contributed by atoms with Crippen LogP contribution in [0.2, 0.25) is 0 Å². The number of nitrogens with one attached hydrogen (secondary N) is 1. The van der Waals surface area contributed by atoms with E-state index in [2.05, 4.69) is 5.32 Å². The number of carbonyl (C=O) groups is 2. The minimum atomic E-state index is -3.98. The van der Waals surface area contributed by atoms with Crippen molar-refractivity contribution in [2.75, 3.05) is 19.3 Å². The van der Waals surface area contributed by atoms with Crippen LogP contribution < -0.4 is 11.1 Å². The van der Waals surface area contributed by atoms with Gasteiger partial charge < -0.3 is 11.1 Å². The third-order valence-corrected chi connectivity index (χ3v) is 4.37. The van der Waals surface area contributed by atoms with Gasteiger partial charge in [0, 0.05) is 12.7 Å². The van der Waals surface area contributed by atoms with Gasteiger partial charge in [-0.05, 0) is 18.2 Å². The first-order valence-electron chi connectivity index (χ1n) is 5.05. The van der Waals surface area contributed by atoms with Crippen LogP contribution in [0.3, 0.4) is 0 Å². The van der Waals surface area contributed by atoms with E-state index in [4.69, 9.17) is 5.73 Å². The van der Waals surface area contributed by atoms with E-state index in [0.29, 0.717) is 4.31 Å². The Hall–Kier alpha value is -2.09. The molecule has 1 aliphatic rings. The molecule has 0 saturated heterocycles. The SMILES string of the molecule is CNC(=O)CN1C(=O)c2ccc(N)cc2S1(=O)=O. The first-order valence-corrected chi connectivity index (χ1v) is 6.49. The lowest BCUT2D eigenvalue weighted by Gasteiger charge is -2.13. The second-order valence-electron chi connectivity index (χ2n) is 3.75. The monoisotopic (exact) mass is 269 g/mol. The van der Waals surface area contributed by atoms with Crippen molar-refractivity contribution in [2.24, 2.45) is 0 Å². The Morgan fingerprint density at radius 1 is 1.44 bits per heavy atom. The van der Waals surface area contributed by atoms with E-state index in [1.54, 1.807) is 0 Å². The smallest absolute Gasteiger partial charge is 0.269 e. The van der Waals surface area contributed by atoms with Gasteiger partial charge in [0.1, 0.15) is 11.4 Å². The number of likely N-dealkylation sites (N-methyl/N-ethyl adjacent to an activating group) is 1. The molecule has 2 amide bonds. The summed E-state index contributed by atoms with van der Waals surface area (Å²) in [6.45, 7) is -0.535. The molecule has 1 heterocycles. The number of benzene rings is 1. The van der Waals surface area contributed by atoms with Crippen molar-refractivity contribution in [3.8, 4) is 0 Å². The van der Waals surface area contributed by atoms with Gasteiger partial charge in [-0.2, -0.15) is 0 Å². The largest absolute Gasteiger partial charge is 0.399 e. The summed E-state index contributed by atoms with van der Waals surface area (Å²) in [7, 11) is -2.62. The molecule has 0 aliphatic carbocycles. The van der Waals surface area contributed by atoms with E-state index < -0.39 is 28.4 Å². The van der Waals surface area contributed by atoms with Gasteiger partial charge in [-0.15, -0.1) is 0 Å². The summed E-state index contributed by atoms with van der Waals surface area (Å²) in [5, 5.41) is 2.27. The summed E-state index contributed by atoms with van der Waals surface area (Å²) in [6.07, 6.45) is 0. The molecule has 1 aromatic carbocycles. The molecule has 7 nitrogen and oxygen atoms in total. The molecule has 18 heavy (non-hydrogen) atoms. The fourth-order valence-electron chi connectivity index (χ4n) is 1.66. The highest BCUT2D eigenvalue weighted by atomic mass is 32.2. The summed E-state index contributed by atoms with van der Waals surface area (Å²) in [5.41, 5.74) is 5.77. The highest BCUT2D eigenvalue weighted by Gasteiger charge is 2.41. The molecule has 3 N–H and O–H groups in total. The molecule has 0 bridgehead atoms.